The fourth-order valence-electron chi connectivity index (χ4n) is 2.95. The van der Waals surface area contributed by atoms with E-state index in [0.717, 1.165) is 6.92 Å². The molecule has 0 aliphatic carbocycles. The Bertz CT molecular complexity index is 790. The van der Waals surface area contributed by atoms with E-state index in [-0.39, 0.29) is 18.6 Å². The van der Waals surface area contributed by atoms with E-state index in [9.17, 15) is 13.6 Å². The third-order valence-electron chi connectivity index (χ3n) is 4.57. The van der Waals surface area contributed by atoms with Gasteiger partial charge in [-0.25, -0.2) is 18.3 Å². The van der Waals surface area contributed by atoms with E-state index in [4.69, 9.17) is 9.47 Å². The number of nitrogens with one attached hydrogen (secondary N) is 1. The number of nitrogens with zero attached hydrogens (tertiary/aromatic N) is 3. The average Bonchev–Trinajstić information content (AvgIpc) is 2.97. The van der Waals surface area contributed by atoms with Crippen LogP contribution in [0.2, 0.25) is 0 Å². The highest BCUT2D eigenvalue weighted by molar-refractivity contribution is 5.66. The average molecular weight is 368 g/mol. The molecule has 3 atom stereocenters. The lowest BCUT2D eigenvalue weighted by Gasteiger charge is -2.31. The smallest absolute Gasteiger partial charge is 0.303 e. The lowest BCUT2D eigenvalue weighted by atomic mass is 10.0. The lowest BCUT2D eigenvalue weighted by molar-refractivity contribution is -0.153. The van der Waals surface area contributed by atoms with Gasteiger partial charge in [-0.05, 0) is 18.6 Å². The van der Waals surface area contributed by atoms with Crippen molar-refractivity contribution in [2.45, 2.75) is 51.2 Å². The lowest BCUT2D eigenvalue weighted by Crippen LogP contribution is -2.44. The van der Waals surface area contributed by atoms with Gasteiger partial charge >= 0.3 is 5.97 Å². The van der Waals surface area contributed by atoms with Gasteiger partial charge in [0.05, 0.1) is 36.0 Å². The molecule has 9 heteroatoms. The van der Waals surface area contributed by atoms with Crippen molar-refractivity contribution >= 4 is 17.4 Å². The number of anilines is 1. The third-order valence-corrected chi connectivity index (χ3v) is 4.57. The Morgan fingerprint density at radius 2 is 2.27 bits per heavy atom. The molecule has 26 heavy (non-hydrogen) atoms. The molecule has 2 aromatic rings. The molecule has 1 N–H and O–H groups in total. The van der Waals surface area contributed by atoms with Crippen LogP contribution in [-0.4, -0.2) is 51.8 Å². The second-order valence-electron chi connectivity index (χ2n) is 6.62. The summed E-state index contributed by atoms with van der Waals surface area (Å²) >= 11 is 0. The molecule has 1 saturated heterocycles. The molecule has 0 bridgehead atoms. The molecule has 0 amide bonds. The zero-order valence-electron chi connectivity index (χ0n) is 14.9. The Morgan fingerprint density at radius 1 is 1.50 bits per heavy atom. The molecular formula is C17H22F2N4O3. The molecule has 1 aliphatic heterocycles. The highest BCUT2D eigenvalue weighted by atomic mass is 19.3. The Labute approximate surface area is 149 Å². The van der Waals surface area contributed by atoms with Gasteiger partial charge in [-0.3, -0.25) is 4.79 Å². The van der Waals surface area contributed by atoms with E-state index < -0.39 is 23.9 Å². The zero-order chi connectivity index (χ0) is 18.9. The maximum absolute atomic E-state index is 13.7. The van der Waals surface area contributed by atoms with Crippen molar-refractivity contribution in [3.05, 3.63) is 24.0 Å². The zero-order valence-corrected chi connectivity index (χ0v) is 14.9. The fraction of sp³-hybridized carbons (Fsp3) is 0.588. The number of carbonyl (C=O) groups is 1. The molecular weight excluding hydrogens is 346 g/mol. The largest absolute Gasteiger partial charge is 0.458 e. The summed E-state index contributed by atoms with van der Waals surface area (Å²) in [6, 6.07) is 3.12. The molecule has 3 heterocycles. The normalized spacial score (nSPS) is 22.2. The van der Waals surface area contributed by atoms with Crippen molar-refractivity contribution in [1.29, 1.82) is 0 Å². The minimum absolute atomic E-state index is 0.214. The molecule has 0 aromatic carbocycles. The first-order valence-electron chi connectivity index (χ1n) is 8.49. The van der Waals surface area contributed by atoms with Crippen LogP contribution >= 0.6 is 0 Å². The summed E-state index contributed by atoms with van der Waals surface area (Å²) < 4.78 is 39.5. The number of carbonyl (C=O) groups excluding carboxylic acids is 1. The van der Waals surface area contributed by atoms with Crippen LogP contribution in [0.5, 0.6) is 0 Å². The number of fused-ring (bicyclic) bond motifs is 1. The quantitative estimate of drug-likeness (QED) is 0.818. The molecule has 142 valence electrons. The van der Waals surface area contributed by atoms with E-state index >= 15 is 0 Å². The topological polar surface area (TPSA) is 77.8 Å². The Morgan fingerprint density at radius 3 is 2.96 bits per heavy atom. The van der Waals surface area contributed by atoms with Gasteiger partial charge in [-0.2, -0.15) is 0 Å². The number of esters is 1. The third kappa shape index (κ3) is 3.92. The summed E-state index contributed by atoms with van der Waals surface area (Å²) in [4.78, 5) is 15.5. The Kier molecular flexibility index (Phi) is 5.08. The first-order chi connectivity index (χ1) is 12.3. The van der Waals surface area contributed by atoms with Gasteiger partial charge < -0.3 is 14.8 Å². The summed E-state index contributed by atoms with van der Waals surface area (Å²) in [6.45, 7) is 4.50. The van der Waals surface area contributed by atoms with Gasteiger partial charge in [-0.1, -0.05) is 6.92 Å². The van der Waals surface area contributed by atoms with E-state index in [1.54, 1.807) is 18.3 Å². The second kappa shape index (κ2) is 7.14. The maximum Gasteiger partial charge on any atom is 0.303 e. The SMILES string of the molecule is CC(=O)O[C@@H]1COCC[C@H]1Nc1ncc2ccc(C(C)C(C)(F)F)n2n1. The molecule has 0 saturated carbocycles. The van der Waals surface area contributed by atoms with Gasteiger partial charge in [0.25, 0.3) is 5.92 Å². The Hall–Kier alpha value is -2.29. The van der Waals surface area contributed by atoms with E-state index in [1.807, 2.05) is 0 Å². The monoisotopic (exact) mass is 368 g/mol. The fourth-order valence-corrected chi connectivity index (χ4v) is 2.95. The number of hydrogen-bond donors (Lipinski definition) is 1. The van der Waals surface area contributed by atoms with Crippen molar-refractivity contribution in [2.24, 2.45) is 0 Å². The molecule has 7 nitrogen and oxygen atoms in total. The molecule has 1 fully saturated rings. The van der Waals surface area contributed by atoms with Gasteiger partial charge in [0.2, 0.25) is 5.95 Å². The summed E-state index contributed by atoms with van der Waals surface area (Å²) in [5, 5.41) is 7.49. The minimum atomic E-state index is -2.87. The number of ether oxygens (including phenoxy) is 2. The van der Waals surface area contributed by atoms with Crippen molar-refractivity contribution in [3.8, 4) is 0 Å². The van der Waals surface area contributed by atoms with Crippen LogP contribution in [-0.2, 0) is 14.3 Å². The van der Waals surface area contributed by atoms with Gasteiger partial charge in [0.15, 0.2) is 0 Å². The van der Waals surface area contributed by atoms with Gasteiger partial charge in [0, 0.05) is 20.5 Å². The Balaban J connectivity index is 1.85. The highest BCUT2D eigenvalue weighted by Gasteiger charge is 2.34. The van der Waals surface area contributed by atoms with Crippen LogP contribution in [0.3, 0.4) is 0 Å². The summed E-state index contributed by atoms with van der Waals surface area (Å²) in [6.07, 6.45) is 1.73. The predicted octanol–water partition coefficient (Wildman–Crippen LogP) is 2.62. The van der Waals surface area contributed by atoms with Crippen LogP contribution in [0.25, 0.3) is 5.52 Å². The predicted molar refractivity (Wildman–Crippen MR) is 90.4 cm³/mol. The number of hydrogen-bond acceptors (Lipinski definition) is 6. The molecule has 2 aromatic heterocycles. The minimum Gasteiger partial charge on any atom is -0.458 e. The summed E-state index contributed by atoms with van der Waals surface area (Å²) in [7, 11) is 0. The molecule has 0 radical (unpaired) electrons. The van der Waals surface area contributed by atoms with Crippen LogP contribution in [0.15, 0.2) is 18.3 Å². The standard InChI is InChI=1S/C17H22F2N4O3/c1-10(17(3,18)19)14-5-4-12-8-20-16(22-23(12)14)21-13-6-7-25-9-15(13)26-11(2)24/h4-5,8,10,13,15H,6-7,9H2,1-3H3,(H,21,22)/t10?,13-,15-/m1/s1. The maximum atomic E-state index is 13.7. The van der Waals surface area contributed by atoms with Crippen molar-refractivity contribution in [3.63, 3.8) is 0 Å². The van der Waals surface area contributed by atoms with Crippen LogP contribution < -0.4 is 5.32 Å². The van der Waals surface area contributed by atoms with Gasteiger partial charge in [0.1, 0.15) is 6.10 Å². The van der Waals surface area contributed by atoms with Crippen LogP contribution in [0.4, 0.5) is 14.7 Å². The van der Waals surface area contributed by atoms with E-state index in [2.05, 4.69) is 15.4 Å². The van der Waals surface area contributed by atoms with Crippen molar-refractivity contribution < 1.29 is 23.0 Å². The summed E-state index contributed by atoms with van der Waals surface area (Å²) in [5.74, 6) is -3.97. The van der Waals surface area contributed by atoms with E-state index in [0.29, 0.717) is 24.2 Å². The van der Waals surface area contributed by atoms with Gasteiger partial charge in [-0.15, -0.1) is 5.10 Å². The van der Waals surface area contributed by atoms with Crippen molar-refractivity contribution in [2.75, 3.05) is 18.5 Å². The number of aromatic nitrogens is 3. The molecule has 3 rings (SSSR count). The van der Waals surface area contributed by atoms with E-state index in [1.165, 1.54) is 18.4 Å². The number of rotatable bonds is 5. The molecule has 1 unspecified atom stereocenters. The molecule has 0 spiro atoms. The first-order valence-corrected chi connectivity index (χ1v) is 8.49. The van der Waals surface area contributed by atoms with Crippen LogP contribution in [0, 0.1) is 0 Å². The van der Waals surface area contributed by atoms with Crippen LogP contribution in [0.1, 0.15) is 38.8 Å². The summed E-state index contributed by atoms with van der Waals surface area (Å²) in [5.41, 5.74) is 1.03. The number of alkyl halides is 2. The number of halogens is 2. The molecule has 1 aliphatic rings. The van der Waals surface area contributed by atoms with Crippen molar-refractivity contribution in [1.82, 2.24) is 14.6 Å². The second-order valence-corrected chi connectivity index (χ2v) is 6.62. The first kappa shape index (κ1) is 18.5. The highest BCUT2D eigenvalue weighted by Crippen LogP contribution is 2.33.